The van der Waals surface area contributed by atoms with Crippen LogP contribution in [-0.4, -0.2) is 26.6 Å². The van der Waals surface area contributed by atoms with Crippen LogP contribution in [-0.2, 0) is 16.1 Å². The van der Waals surface area contributed by atoms with E-state index in [0.717, 1.165) is 11.1 Å². The molecule has 3 aromatic rings. The lowest BCUT2D eigenvalue weighted by molar-refractivity contribution is -0.117. The Bertz CT molecular complexity index is 1110. The predicted octanol–water partition coefficient (Wildman–Crippen LogP) is 4.17. The minimum Gasteiger partial charge on any atom is -0.325 e. The maximum Gasteiger partial charge on any atom is 0.244 e. The summed E-state index contributed by atoms with van der Waals surface area (Å²) in [5.41, 5.74) is 2.78. The number of aryl methyl sites for hydroxylation is 1. The van der Waals surface area contributed by atoms with Crippen molar-refractivity contribution in [3.05, 3.63) is 57.8 Å². The Hall–Kier alpha value is -2.97. The van der Waals surface area contributed by atoms with Crippen molar-refractivity contribution in [2.45, 2.75) is 20.4 Å². The number of H-pyrrole nitrogens is 1. The lowest BCUT2D eigenvalue weighted by atomic mass is 10.1. The van der Waals surface area contributed by atoms with E-state index >= 15 is 0 Å². The lowest BCUT2D eigenvalue weighted by Crippen LogP contribution is -2.20. The van der Waals surface area contributed by atoms with E-state index < -0.39 is 0 Å². The first-order chi connectivity index (χ1) is 13.3. The van der Waals surface area contributed by atoms with Crippen LogP contribution in [0, 0.1) is 11.7 Å². The monoisotopic (exact) mass is 415 g/mol. The van der Waals surface area contributed by atoms with Crippen molar-refractivity contribution in [3.8, 4) is 11.4 Å². The Balaban J connectivity index is 1.86. The third kappa shape index (κ3) is 4.65. The van der Waals surface area contributed by atoms with E-state index in [4.69, 9.17) is 23.8 Å². The average Bonchev–Trinajstić information content (AvgIpc) is 2.97. The zero-order valence-electron chi connectivity index (χ0n) is 15.2. The van der Waals surface area contributed by atoms with E-state index in [0.29, 0.717) is 27.0 Å². The van der Waals surface area contributed by atoms with Crippen LogP contribution in [0.3, 0.4) is 0 Å². The second kappa shape index (κ2) is 8.37. The number of carbonyl (C=O) groups excluding carboxylic acids is 2. The molecule has 0 aliphatic heterocycles. The fraction of sp³-hybridized carbons (Fsp3) is 0.158. The summed E-state index contributed by atoms with van der Waals surface area (Å²) in [4.78, 5) is 24.0. The summed E-state index contributed by atoms with van der Waals surface area (Å²) < 4.78 is 1.95. The molecule has 0 saturated carbocycles. The number of rotatable bonds is 5. The number of aromatic amines is 1. The highest BCUT2D eigenvalue weighted by atomic mass is 35.5. The molecule has 3 N–H and O–H groups in total. The summed E-state index contributed by atoms with van der Waals surface area (Å²) in [6.45, 7) is 3.31. The van der Waals surface area contributed by atoms with Gasteiger partial charge in [0.05, 0.1) is 11.4 Å². The summed E-state index contributed by atoms with van der Waals surface area (Å²) in [5, 5.41) is 12.8. The standard InChI is InChI=1S/C19H18ClN5O2S/c1-11-4-3-5-13(8-11)18-23-24-19(28)25(18)10-17(27)22-16-9-14(20)6-7-15(16)21-12(2)26/h3-9H,10H2,1-2H3,(H,21,26)(H,22,27)(H,24,28). The molecule has 0 bridgehead atoms. The van der Waals surface area contributed by atoms with Gasteiger partial charge in [-0.15, -0.1) is 0 Å². The van der Waals surface area contributed by atoms with Gasteiger partial charge in [0.1, 0.15) is 6.54 Å². The molecule has 0 fully saturated rings. The summed E-state index contributed by atoms with van der Waals surface area (Å²) in [6.07, 6.45) is 0. The summed E-state index contributed by atoms with van der Waals surface area (Å²) in [7, 11) is 0. The van der Waals surface area contributed by atoms with Gasteiger partial charge >= 0.3 is 0 Å². The van der Waals surface area contributed by atoms with Gasteiger partial charge in [-0.1, -0.05) is 35.4 Å². The number of anilines is 2. The smallest absolute Gasteiger partial charge is 0.244 e. The third-order valence-electron chi connectivity index (χ3n) is 3.90. The highest BCUT2D eigenvalue weighted by Crippen LogP contribution is 2.26. The van der Waals surface area contributed by atoms with Crippen LogP contribution in [0.15, 0.2) is 42.5 Å². The van der Waals surface area contributed by atoms with E-state index in [2.05, 4.69) is 20.8 Å². The average molecular weight is 416 g/mol. The first-order valence-electron chi connectivity index (χ1n) is 8.42. The number of hydrogen-bond acceptors (Lipinski definition) is 4. The number of halogens is 1. The lowest BCUT2D eigenvalue weighted by Gasteiger charge is -2.13. The molecular weight excluding hydrogens is 398 g/mol. The normalized spacial score (nSPS) is 10.5. The van der Waals surface area contributed by atoms with E-state index in [1.165, 1.54) is 6.92 Å². The molecule has 0 radical (unpaired) electrons. The molecule has 1 heterocycles. The SMILES string of the molecule is CC(=O)Nc1ccc(Cl)cc1NC(=O)Cn1c(-c2cccc(C)c2)n[nH]c1=S. The molecule has 7 nitrogen and oxygen atoms in total. The van der Waals surface area contributed by atoms with Crippen LogP contribution in [0.2, 0.25) is 5.02 Å². The predicted molar refractivity (Wildman–Crippen MR) is 112 cm³/mol. The highest BCUT2D eigenvalue weighted by Gasteiger charge is 2.14. The molecule has 0 unspecified atom stereocenters. The van der Waals surface area contributed by atoms with Crippen molar-refractivity contribution < 1.29 is 9.59 Å². The van der Waals surface area contributed by atoms with Gasteiger partial charge in [0.25, 0.3) is 0 Å². The fourth-order valence-electron chi connectivity index (χ4n) is 2.72. The van der Waals surface area contributed by atoms with Crippen LogP contribution in [0.1, 0.15) is 12.5 Å². The minimum atomic E-state index is -0.333. The maximum absolute atomic E-state index is 12.7. The molecule has 9 heteroatoms. The van der Waals surface area contributed by atoms with Crippen molar-refractivity contribution in [1.82, 2.24) is 14.8 Å². The van der Waals surface area contributed by atoms with E-state index in [-0.39, 0.29) is 18.4 Å². The molecular formula is C19H18ClN5O2S. The number of nitrogens with one attached hydrogen (secondary N) is 3. The zero-order chi connectivity index (χ0) is 20.3. The van der Waals surface area contributed by atoms with E-state index in [1.54, 1.807) is 22.8 Å². The zero-order valence-corrected chi connectivity index (χ0v) is 16.8. The van der Waals surface area contributed by atoms with Crippen LogP contribution in [0.4, 0.5) is 11.4 Å². The summed E-state index contributed by atoms with van der Waals surface area (Å²) >= 11 is 11.3. The first-order valence-corrected chi connectivity index (χ1v) is 9.21. The molecule has 3 rings (SSSR count). The molecule has 0 spiro atoms. The fourth-order valence-corrected chi connectivity index (χ4v) is 3.09. The van der Waals surface area contributed by atoms with Crippen LogP contribution in [0.5, 0.6) is 0 Å². The summed E-state index contributed by atoms with van der Waals surface area (Å²) in [6, 6.07) is 12.6. The Labute approximate surface area is 171 Å². The van der Waals surface area contributed by atoms with Crippen molar-refractivity contribution in [3.63, 3.8) is 0 Å². The van der Waals surface area contributed by atoms with E-state index in [1.807, 2.05) is 31.2 Å². The number of carbonyl (C=O) groups is 2. The molecule has 0 aliphatic rings. The third-order valence-corrected chi connectivity index (χ3v) is 4.45. The van der Waals surface area contributed by atoms with Crippen molar-refractivity contribution in [1.29, 1.82) is 0 Å². The Morgan fingerprint density at radius 1 is 1.18 bits per heavy atom. The molecule has 0 aliphatic carbocycles. The van der Waals surface area contributed by atoms with Crippen LogP contribution in [0.25, 0.3) is 11.4 Å². The molecule has 28 heavy (non-hydrogen) atoms. The molecule has 2 aromatic carbocycles. The highest BCUT2D eigenvalue weighted by molar-refractivity contribution is 7.71. The largest absolute Gasteiger partial charge is 0.325 e. The Morgan fingerprint density at radius 2 is 1.96 bits per heavy atom. The minimum absolute atomic E-state index is 0.0510. The molecule has 0 atom stereocenters. The molecule has 0 saturated heterocycles. The molecule has 2 amide bonds. The Kier molecular flexibility index (Phi) is 5.91. The van der Waals surface area contributed by atoms with Gasteiger partial charge in [-0.3, -0.25) is 19.3 Å². The topological polar surface area (TPSA) is 91.8 Å². The second-order valence-corrected chi connectivity index (χ2v) is 7.05. The van der Waals surface area contributed by atoms with Gasteiger partial charge in [0, 0.05) is 17.5 Å². The van der Waals surface area contributed by atoms with Crippen molar-refractivity contribution >= 4 is 47.0 Å². The number of hydrogen-bond donors (Lipinski definition) is 3. The van der Waals surface area contributed by atoms with Gasteiger partial charge in [-0.2, -0.15) is 5.10 Å². The molecule has 144 valence electrons. The van der Waals surface area contributed by atoms with Gasteiger partial charge < -0.3 is 10.6 Å². The summed E-state index contributed by atoms with van der Waals surface area (Å²) in [5.74, 6) is -0.0195. The van der Waals surface area contributed by atoms with Gasteiger partial charge in [0.2, 0.25) is 11.8 Å². The van der Waals surface area contributed by atoms with Crippen LogP contribution >= 0.6 is 23.8 Å². The quantitative estimate of drug-likeness (QED) is 0.545. The van der Waals surface area contributed by atoms with Gasteiger partial charge in [-0.25, -0.2) is 0 Å². The van der Waals surface area contributed by atoms with Crippen molar-refractivity contribution in [2.24, 2.45) is 0 Å². The van der Waals surface area contributed by atoms with Crippen LogP contribution < -0.4 is 10.6 Å². The maximum atomic E-state index is 12.7. The number of benzene rings is 2. The van der Waals surface area contributed by atoms with Gasteiger partial charge in [0.15, 0.2) is 10.6 Å². The first kappa shape index (κ1) is 19.8. The number of nitrogens with zero attached hydrogens (tertiary/aromatic N) is 2. The van der Waals surface area contributed by atoms with Crippen molar-refractivity contribution in [2.75, 3.05) is 10.6 Å². The second-order valence-electron chi connectivity index (χ2n) is 6.23. The number of aromatic nitrogens is 3. The van der Waals surface area contributed by atoms with Gasteiger partial charge in [-0.05, 0) is 43.4 Å². The van der Waals surface area contributed by atoms with E-state index in [9.17, 15) is 9.59 Å². The molecule has 1 aromatic heterocycles. The Morgan fingerprint density at radius 3 is 2.68 bits per heavy atom. The number of amides is 2.